The monoisotopic (exact) mass is 358 g/mol. The third-order valence-corrected chi connectivity index (χ3v) is 9.59. The molecule has 6 saturated carbocycles. The molecule has 148 valence electrons. The van der Waals surface area contributed by atoms with E-state index in [2.05, 4.69) is 41.5 Å². The van der Waals surface area contributed by atoms with Crippen LogP contribution in [0, 0.1) is 45.3 Å². The van der Waals surface area contributed by atoms with Gasteiger partial charge < -0.3 is 0 Å². The summed E-state index contributed by atoms with van der Waals surface area (Å²) in [6.07, 6.45) is 12.8. The van der Waals surface area contributed by atoms with Gasteiger partial charge in [-0.2, -0.15) is 0 Å². The second-order valence-corrected chi connectivity index (χ2v) is 13.0. The SMILES string of the molecule is CC12CCC(C(CCC(=O)C3CC4(C)CCC3C(C)(C)C4)C1)C(C)(C)C2. The van der Waals surface area contributed by atoms with E-state index in [4.69, 9.17) is 0 Å². The Bertz CT molecular complexity index is 581. The lowest BCUT2D eigenvalue weighted by Crippen LogP contribution is -2.51. The molecule has 4 bridgehead atoms. The molecule has 6 atom stereocenters. The van der Waals surface area contributed by atoms with E-state index < -0.39 is 0 Å². The standard InChI is InChI=1S/C25H42O/c1-22(2)15-24(5)11-9-19(22)17(13-24)7-8-21(26)18-14-25(6)12-10-20(18)23(3,4)16-25/h17-20H,7-16H2,1-6H3. The summed E-state index contributed by atoms with van der Waals surface area (Å²) in [5, 5.41) is 0. The number of fused-ring (bicyclic) bond motifs is 6. The third-order valence-electron chi connectivity index (χ3n) is 9.59. The zero-order chi connectivity index (χ0) is 19.0. The van der Waals surface area contributed by atoms with E-state index in [0.717, 1.165) is 18.3 Å². The first-order chi connectivity index (χ1) is 11.9. The van der Waals surface area contributed by atoms with Crippen LogP contribution in [0.5, 0.6) is 0 Å². The summed E-state index contributed by atoms with van der Waals surface area (Å²) in [5.41, 5.74) is 1.83. The summed E-state index contributed by atoms with van der Waals surface area (Å²) >= 11 is 0. The highest BCUT2D eigenvalue weighted by Crippen LogP contribution is 2.63. The highest BCUT2D eigenvalue weighted by atomic mass is 16.1. The van der Waals surface area contributed by atoms with Crippen LogP contribution in [0.3, 0.4) is 0 Å². The van der Waals surface area contributed by atoms with Gasteiger partial charge in [-0.1, -0.05) is 41.5 Å². The van der Waals surface area contributed by atoms with Crippen LogP contribution in [0.2, 0.25) is 0 Å². The van der Waals surface area contributed by atoms with E-state index in [-0.39, 0.29) is 0 Å². The molecule has 0 N–H and O–H groups in total. The zero-order valence-electron chi connectivity index (χ0n) is 18.3. The lowest BCUT2D eigenvalue weighted by molar-refractivity contribution is -0.141. The summed E-state index contributed by atoms with van der Waals surface area (Å²) in [7, 11) is 0. The summed E-state index contributed by atoms with van der Waals surface area (Å²) in [6, 6.07) is 0. The maximum absolute atomic E-state index is 13.3. The van der Waals surface area contributed by atoms with Crippen LogP contribution in [0.25, 0.3) is 0 Å². The average Bonchev–Trinajstić information content (AvgIpc) is 2.48. The Balaban J connectivity index is 1.42. The van der Waals surface area contributed by atoms with E-state index >= 15 is 0 Å². The minimum absolute atomic E-state index is 0.363. The molecule has 1 heteroatoms. The topological polar surface area (TPSA) is 17.1 Å². The number of carbonyl (C=O) groups is 1. The molecule has 0 aromatic rings. The minimum Gasteiger partial charge on any atom is -0.299 e. The van der Waals surface area contributed by atoms with E-state index in [1.807, 2.05) is 0 Å². The van der Waals surface area contributed by atoms with E-state index in [1.165, 1.54) is 57.8 Å². The maximum Gasteiger partial charge on any atom is 0.136 e. The zero-order valence-corrected chi connectivity index (χ0v) is 18.3. The lowest BCUT2D eigenvalue weighted by Gasteiger charge is -2.58. The molecule has 1 nitrogen and oxygen atoms in total. The molecule has 0 heterocycles. The molecule has 6 unspecified atom stereocenters. The Kier molecular flexibility index (Phi) is 4.27. The van der Waals surface area contributed by atoms with Gasteiger partial charge >= 0.3 is 0 Å². The smallest absolute Gasteiger partial charge is 0.136 e. The molecule has 6 rings (SSSR count). The van der Waals surface area contributed by atoms with Gasteiger partial charge in [0.15, 0.2) is 0 Å². The van der Waals surface area contributed by atoms with Crippen molar-refractivity contribution in [2.24, 2.45) is 45.3 Å². The minimum atomic E-state index is 0.363. The molecule has 0 aromatic heterocycles. The van der Waals surface area contributed by atoms with Crippen LogP contribution in [-0.4, -0.2) is 5.78 Å². The molecular formula is C25H42O. The van der Waals surface area contributed by atoms with Crippen molar-refractivity contribution in [3.05, 3.63) is 0 Å². The maximum atomic E-state index is 13.3. The van der Waals surface area contributed by atoms with Crippen molar-refractivity contribution in [1.82, 2.24) is 0 Å². The fourth-order valence-electron chi connectivity index (χ4n) is 9.00. The molecule has 0 amide bonds. The van der Waals surface area contributed by atoms with E-state index in [0.29, 0.717) is 39.3 Å². The number of rotatable bonds is 4. The largest absolute Gasteiger partial charge is 0.299 e. The van der Waals surface area contributed by atoms with Crippen LogP contribution >= 0.6 is 0 Å². The fraction of sp³-hybridized carbons (Fsp3) is 0.960. The van der Waals surface area contributed by atoms with Crippen LogP contribution in [0.4, 0.5) is 0 Å². The van der Waals surface area contributed by atoms with Crippen molar-refractivity contribution >= 4 is 5.78 Å². The normalized spacial score (nSPS) is 48.5. The second kappa shape index (κ2) is 5.84. The van der Waals surface area contributed by atoms with Gasteiger partial charge in [-0.15, -0.1) is 0 Å². The summed E-state index contributed by atoms with van der Waals surface area (Å²) < 4.78 is 0. The summed E-state index contributed by atoms with van der Waals surface area (Å²) in [4.78, 5) is 13.3. The molecule has 6 aliphatic rings. The lowest BCUT2D eigenvalue weighted by atomic mass is 9.46. The third kappa shape index (κ3) is 3.10. The fourth-order valence-corrected chi connectivity index (χ4v) is 9.00. The Morgan fingerprint density at radius 1 is 0.808 bits per heavy atom. The van der Waals surface area contributed by atoms with Crippen molar-refractivity contribution in [2.45, 2.75) is 106 Å². The molecule has 0 saturated heterocycles. The number of hydrogen-bond donors (Lipinski definition) is 0. The van der Waals surface area contributed by atoms with Crippen molar-refractivity contribution in [3.63, 3.8) is 0 Å². The Morgan fingerprint density at radius 3 is 1.85 bits per heavy atom. The van der Waals surface area contributed by atoms with Crippen LogP contribution in [0.1, 0.15) is 106 Å². The van der Waals surface area contributed by atoms with Gasteiger partial charge in [0.25, 0.3) is 0 Å². The van der Waals surface area contributed by atoms with Crippen molar-refractivity contribution in [2.75, 3.05) is 0 Å². The molecule has 26 heavy (non-hydrogen) atoms. The summed E-state index contributed by atoms with van der Waals surface area (Å²) in [6.45, 7) is 14.8. The molecule has 0 aromatic carbocycles. The van der Waals surface area contributed by atoms with Crippen LogP contribution < -0.4 is 0 Å². The number of hydrogen-bond acceptors (Lipinski definition) is 1. The number of carbonyl (C=O) groups excluding carboxylic acids is 1. The van der Waals surface area contributed by atoms with Crippen LogP contribution in [-0.2, 0) is 4.79 Å². The Labute approximate surface area is 162 Å². The predicted molar refractivity (Wildman–Crippen MR) is 109 cm³/mol. The van der Waals surface area contributed by atoms with Gasteiger partial charge in [-0.25, -0.2) is 0 Å². The molecule has 6 aliphatic carbocycles. The van der Waals surface area contributed by atoms with Crippen molar-refractivity contribution < 1.29 is 4.79 Å². The first-order valence-corrected chi connectivity index (χ1v) is 11.5. The van der Waals surface area contributed by atoms with Gasteiger partial charge in [0, 0.05) is 12.3 Å². The first kappa shape index (κ1) is 19.0. The van der Waals surface area contributed by atoms with Crippen molar-refractivity contribution in [3.8, 4) is 0 Å². The first-order valence-electron chi connectivity index (χ1n) is 11.5. The second-order valence-electron chi connectivity index (χ2n) is 13.0. The Morgan fingerprint density at radius 2 is 1.35 bits per heavy atom. The quantitative estimate of drug-likeness (QED) is 0.526. The van der Waals surface area contributed by atoms with Gasteiger partial charge in [0.2, 0.25) is 0 Å². The molecule has 0 radical (unpaired) electrons. The molecule has 0 aliphatic heterocycles. The molecule has 0 spiro atoms. The number of Topliss-reactive ketones (excluding diaryl/α,β-unsaturated/α-hetero) is 1. The van der Waals surface area contributed by atoms with Gasteiger partial charge in [0.05, 0.1) is 0 Å². The van der Waals surface area contributed by atoms with E-state index in [9.17, 15) is 4.79 Å². The molecular weight excluding hydrogens is 316 g/mol. The highest BCUT2D eigenvalue weighted by molar-refractivity contribution is 5.81. The Hall–Kier alpha value is -0.330. The van der Waals surface area contributed by atoms with E-state index in [1.54, 1.807) is 0 Å². The van der Waals surface area contributed by atoms with Gasteiger partial charge in [0.1, 0.15) is 5.78 Å². The van der Waals surface area contributed by atoms with Gasteiger partial charge in [-0.3, -0.25) is 4.79 Å². The van der Waals surface area contributed by atoms with Gasteiger partial charge in [-0.05, 0) is 97.2 Å². The van der Waals surface area contributed by atoms with Crippen molar-refractivity contribution in [1.29, 1.82) is 0 Å². The summed E-state index contributed by atoms with van der Waals surface area (Å²) in [5.74, 6) is 3.29. The average molecular weight is 359 g/mol. The number of ketones is 1. The predicted octanol–water partition coefficient (Wildman–Crippen LogP) is 7.04. The molecule has 6 fully saturated rings. The van der Waals surface area contributed by atoms with Crippen LogP contribution in [0.15, 0.2) is 0 Å². The highest BCUT2D eigenvalue weighted by Gasteiger charge is 2.55.